The first-order valence-electron chi connectivity index (χ1n) is 20.2. The second kappa shape index (κ2) is 16.9. The van der Waals surface area contributed by atoms with E-state index in [0.717, 1.165) is 7.11 Å². The van der Waals surface area contributed by atoms with Crippen LogP contribution in [0.4, 0.5) is 0 Å². The number of phenols is 2. The van der Waals surface area contributed by atoms with Crippen LogP contribution >= 0.6 is 0 Å². The maximum atomic E-state index is 14.0. The van der Waals surface area contributed by atoms with Crippen molar-refractivity contribution in [1.29, 1.82) is 0 Å². The van der Waals surface area contributed by atoms with Gasteiger partial charge in [-0.3, -0.25) is 24.0 Å². The number of aliphatic hydroxyl groups excluding tert-OH is 1. The molecule has 0 aromatic heterocycles. The van der Waals surface area contributed by atoms with Crippen LogP contribution in [0.15, 0.2) is 24.3 Å². The lowest BCUT2D eigenvalue weighted by Gasteiger charge is -2.48. The van der Waals surface area contributed by atoms with Crippen LogP contribution < -0.4 is 0 Å². The molecule has 2 aromatic rings. The summed E-state index contributed by atoms with van der Waals surface area (Å²) in [5, 5.41) is 46.1. The summed E-state index contributed by atoms with van der Waals surface area (Å²) >= 11 is 0. The van der Waals surface area contributed by atoms with Crippen LogP contribution in [0, 0.1) is 0 Å². The van der Waals surface area contributed by atoms with Crippen molar-refractivity contribution in [3.8, 4) is 11.5 Å². The molecule has 13 unspecified atom stereocenters. The monoisotopic (exact) mass is 839 g/mol. The van der Waals surface area contributed by atoms with Gasteiger partial charge >= 0.3 is 5.97 Å². The first kappa shape index (κ1) is 43.9. The number of carbonyl (C=O) groups is 5. The number of aromatic hydroxyl groups is 2. The van der Waals surface area contributed by atoms with Gasteiger partial charge in [-0.05, 0) is 59.5 Å². The maximum Gasteiger partial charge on any atom is 0.316 e. The number of rotatable bonds is 10. The number of fused-ring (bicyclic) bond motifs is 3. The highest BCUT2D eigenvalue weighted by Gasteiger charge is 2.55. The van der Waals surface area contributed by atoms with Crippen molar-refractivity contribution in [1.82, 2.24) is 4.90 Å². The molecule has 0 bridgehead atoms. The number of likely N-dealkylation sites (N-methyl/N-ethyl adjacent to an activating group) is 1. The van der Waals surface area contributed by atoms with Crippen molar-refractivity contribution in [3.05, 3.63) is 57.6 Å². The number of nitrogens with zero attached hydrogens (tertiary/aromatic N) is 1. The van der Waals surface area contributed by atoms with Crippen LogP contribution in [0.2, 0.25) is 0 Å². The van der Waals surface area contributed by atoms with Gasteiger partial charge in [-0.25, -0.2) is 0 Å². The Hall–Kier alpha value is -4.17. The Bertz CT molecular complexity index is 2040. The van der Waals surface area contributed by atoms with E-state index in [1.807, 2.05) is 19.0 Å². The number of methoxy groups -OCH3 is 1. The van der Waals surface area contributed by atoms with E-state index in [-0.39, 0.29) is 46.4 Å². The van der Waals surface area contributed by atoms with Crippen LogP contribution in [-0.2, 0) is 47.5 Å². The van der Waals surface area contributed by atoms with Crippen molar-refractivity contribution in [2.45, 2.75) is 145 Å². The second-order valence-corrected chi connectivity index (χ2v) is 16.8. The van der Waals surface area contributed by atoms with E-state index in [2.05, 4.69) is 0 Å². The zero-order chi connectivity index (χ0) is 43.5. The Morgan fingerprint density at radius 2 is 1.55 bits per heavy atom. The highest BCUT2D eigenvalue weighted by molar-refractivity contribution is 6.30. The molecular weight excluding hydrogens is 786 g/mol. The molecule has 60 heavy (non-hydrogen) atoms. The molecule has 13 atom stereocenters. The number of aliphatic hydroxyl groups is 2. The highest BCUT2D eigenvalue weighted by atomic mass is 16.7. The molecule has 4 N–H and O–H groups in total. The van der Waals surface area contributed by atoms with Crippen molar-refractivity contribution in [3.63, 3.8) is 0 Å². The lowest BCUT2D eigenvalue weighted by molar-refractivity contribution is -0.324. The topological polar surface area (TPSA) is 234 Å². The fraction of sp³-hybridized carbons (Fsp3) is 0.605. The standard InChI is InChI=1S/C43H53NO16/c1-18(45)16-43(53)17-29(34-23(36(43)42(52)54-7)13-24-35(39(34)51)38(50)33-22(37(24)49)9-8-10-27(33)47)58-31-14-25(44(5)6)40(20(3)56-31)60-32-15-28(48)41(21(4)57-32)59-30-12-11-26(46)19(2)55-30/h8-10,13,19-21,25,28-32,36,40-41,47-48,51,53H,11-12,14-17H2,1-7H3. The van der Waals surface area contributed by atoms with Crippen molar-refractivity contribution in [2.75, 3.05) is 21.2 Å². The summed E-state index contributed by atoms with van der Waals surface area (Å²) in [5.41, 5.74) is -3.36. The van der Waals surface area contributed by atoms with Crippen LogP contribution in [0.1, 0.15) is 121 Å². The summed E-state index contributed by atoms with van der Waals surface area (Å²) in [6, 6.07) is 4.86. The Labute approximate surface area is 346 Å². The SMILES string of the molecule is COC(=O)C1c2cc3c(c(O)c2C(OC2CC(N(C)C)C(OC4CC(O)C(OC5CCC(=O)C(C)O5)C(C)O4)C(C)O2)CC1(O)CC(C)=O)C(=O)c1c(O)cccc1C3=O. The van der Waals surface area contributed by atoms with E-state index < -0.39 is 132 Å². The summed E-state index contributed by atoms with van der Waals surface area (Å²) in [6.07, 6.45) is -8.08. The lowest BCUT2D eigenvalue weighted by Crippen LogP contribution is -2.58. The fourth-order valence-corrected chi connectivity index (χ4v) is 9.53. The number of ether oxygens (including phenoxy) is 7. The predicted molar refractivity (Wildman–Crippen MR) is 206 cm³/mol. The van der Waals surface area contributed by atoms with Gasteiger partial charge in [0.1, 0.15) is 41.5 Å². The quantitative estimate of drug-likeness (QED) is 0.215. The second-order valence-electron chi connectivity index (χ2n) is 16.8. The highest BCUT2D eigenvalue weighted by Crippen LogP contribution is 2.54. The fourth-order valence-electron chi connectivity index (χ4n) is 9.53. The number of carbonyl (C=O) groups excluding carboxylic acids is 5. The van der Waals surface area contributed by atoms with E-state index in [0.29, 0.717) is 12.8 Å². The summed E-state index contributed by atoms with van der Waals surface area (Å²) in [4.78, 5) is 67.9. The average molecular weight is 840 g/mol. The Kier molecular flexibility index (Phi) is 12.4. The molecule has 5 aliphatic rings. The molecule has 326 valence electrons. The van der Waals surface area contributed by atoms with E-state index in [4.69, 9.17) is 33.2 Å². The molecule has 0 saturated carbocycles. The van der Waals surface area contributed by atoms with E-state index in [9.17, 15) is 44.4 Å². The van der Waals surface area contributed by atoms with Gasteiger partial charge in [0.05, 0.1) is 48.3 Å². The molecule has 7 rings (SSSR count). The molecule has 3 heterocycles. The third-order valence-corrected chi connectivity index (χ3v) is 12.4. The number of Topliss-reactive ketones (excluding diaryl/α,β-unsaturated/α-hetero) is 2. The third-order valence-electron chi connectivity index (χ3n) is 12.4. The van der Waals surface area contributed by atoms with Crippen molar-refractivity contribution < 1.29 is 77.6 Å². The Morgan fingerprint density at radius 3 is 2.18 bits per heavy atom. The van der Waals surface area contributed by atoms with Gasteiger partial charge in [-0.2, -0.15) is 0 Å². The van der Waals surface area contributed by atoms with E-state index in [1.165, 1.54) is 31.2 Å². The van der Waals surface area contributed by atoms with Gasteiger partial charge in [-0.15, -0.1) is 0 Å². The summed E-state index contributed by atoms with van der Waals surface area (Å²) < 4.78 is 42.5. The lowest BCUT2D eigenvalue weighted by atomic mass is 9.66. The Morgan fingerprint density at radius 1 is 0.883 bits per heavy atom. The molecule has 3 aliphatic heterocycles. The third kappa shape index (κ3) is 8.02. The average Bonchev–Trinajstić information content (AvgIpc) is 3.16. The van der Waals surface area contributed by atoms with Crippen LogP contribution in [0.5, 0.6) is 11.5 Å². The van der Waals surface area contributed by atoms with Gasteiger partial charge < -0.3 is 58.5 Å². The zero-order valence-corrected chi connectivity index (χ0v) is 34.6. The number of hydrogen-bond acceptors (Lipinski definition) is 17. The molecule has 0 amide bonds. The Balaban J connectivity index is 1.16. The van der Waals surface area contributed by atoms with Crippen LogP contribution in [0.25, 0.3) is 0 Å². The van der Waals surface area contributed by atoms with Gasteiger partial charge in [0.25, 0.3) is 0 Å². The first-order valence-corrected chi connectivity index (χ1v) is 20.2. The predicted octanol–water partition coefficient (Wildman–Crippen LogP) is 2.73. The molecular formula is C43H53NO16. The van der Waals surface area contributed by atoms with Gasteiger partial charge in [-0.1, -0.05) is 12.1 Å². The van der Waals surface area contributed by atoms with Crippen molar-refractivity contribution >= 4 is 29.1 Å². The number of benzene rings is 2. The van der Waals surface area contributed by atoms with Gasteiger partial charge in [0, 0.05) is 61.3 Å². The van der Waals surface area contributed by atoms with E-state index >= 15 is 0 Å². The smallest absolute Gasteiger partial charge is 0.316 e. The minimum atomic E-state index is -2.13. The normalized spacial score (nSPS) is 35.4. The van der Waals surface area contributed by atoms with Crippen LogP contribution in [0.3, 0.4) is 0 Å². The number of ketones is 4. The minimum Gasteiger partial charge on any atom is -0.507 e. The van der Waals surface area contributed by atoms with Gasteiger partial charge in [0.2, 0.25) is 5.78 Å². The van der Waals surface area contributed by atoms with Gasteiger partial charge in [0.15, 0.2) is 30.4 Å². The number of hydrogen-bond donors (Lipinski definition) is 4. The zero-order valence-electron chi connectivity index (χ0n) is 34.6. The molecule has 3 saturated heterocycles. The molecule has 17 nitrogen and oxygen atoms in total. The summed E-state index contributed by atoms with van der Waals surface area (Å²) in [7, 11) is 4.78. The molecule has 3 fully saturated rings. The first-order chi connectivity index (χ1) is 28.3. The number of esters is 1. The minimum absolute atomic E-state index is 0.00629. The molecule has 0 spiro atoms. The van der Waals surface area contributed by atoms with Crippen molar-refractivity contribution in [2.24, 2.45) is 0 Å². The largest absolute Gasteiger partial charge is 0.507 e. The summed E-state index contributed by atoms with van der Waals surface area (Å²) in [6.45, 7) is 6.44. The summed E-state index contributed by atoms with van der Waals surface area (Å²) in [5.74, 6) is -5.68. The maximum absolute atomic E-state index is 14.0. The number of phenolic OH excluding ortho intramolecular Hbond substituents is 2. The molecule has 0 radical (unpaired) electrons. The molecule has 2 aromatic carbocycles. The molecule has 2 aliphatic carbocycles. The van der Waals surface area contributed by atoms with Crippen LogP contribution in [-0.4, -0.2) is 143 Å². The molecule has 17 heteroatoms. The van der Waals surface area contributed by atoms with E-state index in [1.54, 1.807) is 20.8 Å².